The Morgan fingerprint density at radius 3 is 2.00 bits per heavy atom. The second kappa shape index (κ2) is 13.2. The first-order valence-electron chi connectivity index (χ1n) is 7.28. The molecule has 6 nitrogen and oxygen atoms in total. The van der Waals surface area contributed by atoms with Crippen molar-refractivity contribution in [2.45, 2.75) is 0 Å². The summed E-state index contributed by atoms with van der Waals surface area (Å²) in [5.74, 6) is -0.257. The zero-order valence-electron chi connectivity index (χ0n) is 13.7. The van der Waals surface area contributed by atoms with E-state index in [1.807, 2.05) is 49.1 Å². The predicted molar refractivity (Wildman–Crippen MR) is 86.9 cm³/mol. The zero-order chi connectivity index (χ0) is 16.8. The second-order valence-electron chi connectivity index (χ2n) is 5.06. The molecular weight excluding hydrogens is 284 g/mol. The van der Waals surface area contributed by atoms with Crippen molar-refractivity contribution in [3.63, 3.8) is 0 Å². The maximum atomic E-state index is 11.4. The number of likely N-dealkylation sites (N-methyl/N-ethyl adjacent to an activating group) is 2. The van der Waals surface area contributed by atoms with E-state index < -0.39 is 0 Å². The van der Waals surface area contributed by atoms with Crippen molar-refractivity contribution >= 4 is 5.97 Å². The molecule has 0 spiro atoms. The monoisotopic (exact) mass is 312 g/mol. The molecule has 0 bridgehead atoms. The Hall–Kier alpha value is -1.47. The van der Waals surface area contributed by atoms with Gasteiger partial charge in [-0.25, -0.2) is 4.79 Å². The molecule has 0 aromatic heterocycles. The molecule has 0 fully saturated rings. The number of carbonyl (C=O) groups excluding carboxylic acids is 1. The molecular formula is C16H28N2O4. The van der Waals surface area contributed by atoms with E-state index >= 15 is 0 Å². The van der Waals surface area contributed by atoms with Crippen LogP contribution in [0.3, 0.4) is 0 Å². The highest BCUT2D eigenvalue weighted by Gasteiger charge is 2.04. The fourth-order valence-electron chi connectivity index (χ4n) is 1.43. The van der Waals surface area contributed by atoms with E-state index in [9.17, 15) is 4.79 Å². The Morgan fingerprint density at radius 2 is 1.55 bits per heavy atom. The van der Waals surface area contributed by atoms with E-state index in [-0.39, 0.29) is 19.2 Å². The van der Waals surface area contributed by atoms with Gasteiger partial charge in [-0.2, -0.15) is 0 Å². The SMILES string of the molecule is CN(C)CCOC(=O)c1ccccc1.CN(CCO)CCO. The minimum absolute atomic E-state index is 0.163. The van der Waals surface area contributed by atoms with Crippen LogP contribution < -0.4 is 0 Å². The standard InChI is InChI=1S/C11H15NO2.C5H13NO2/c1-12(2)8-9-14-11(13)10-6-4-3-5-7-10;1-6(2-4-7)3-5-8/h3-7H,8-9H2,1-2H3;7-8H,2-5H2,1H3. The Labute approximate surface area is 132 Å². The van der Waals surface area contributed by atoms with Crippen molar-refractivity contribution in [3.8, 4) is 0 Å². The summed E-state index contributed by atoms with van der Waals surface area (Å²) in [6.45, 7) is 2.79. The van der Waals surface area contributed by atoms with Gasteiger partial charge in [0.05, 0.1) is 18.8 Å². The van der Waals surface area contributed by atoms with Gasteiger partial charge in [0.15, 0.2) is 0 Å². The summed E-state index contributed by atoms with van der Waals surface area (Å²) in [5.41, 5.74) is 0.603. The topological polar surface area (TPSA) is 73.2 Å². The fourth-order valence-corrected chi connectivity index (χ4v) is 1.43. The molecule has 22 heavy (non-hydrogen) atoms. The molecule has 6 heteroatoms. The lowest BCUT2D eigenvalue weighted by Gasteiger charge is -2.11. The maximum absolute atomic E-state index is 11.4. The predicted octanol–water partition coefficient (Wildman–Crippen LogP) is 0.308. The molecule has 0 saturated heterocycles. The quantitative estimate of drug-likeness (QED) is 0.673. The van der Waals surface area contributed by atoms with E-state index in [1.54, 1.807) is 12.1 Å². The highest BCUT2D eigenvalue weighted by atomic mass is 16.5. The molecule has 1 rings (SSSR count). The molecule has 0 saturated carbocycles. The average Bonchev–Trinajstić information content (AvgIpc) is 2.49. The van der Waals surface area contributed by atoms with Crippen molar-refractivity contribution in [2.75, 3.05) is 60.6 Å². The summed E-state index contributed by atoms with van der Waals surface area (Å²) in [7, 11) is 5.74. The van der Waals surface area contributed by atoms with Gasteiger partial charge in [-0.1, -0.05) is 18.2 Å². The van der Waals surface area contributed by atoms with Gasteiger partial charge in [0.2, 0.25) is 0 Å². The number of hydrogen-bond donors (Lipinski definition) is 2. The maximum Gasteiger partial charge on any atom is 0.338 e. The number of aliphatic hydroxyl groups excluding tert-OH is 2. The van der Waals surface area contributed by atoms with Crippen molar-refractivity contribution in [1.82, 2.24) is 9.80 Å². The normalized spacial score (nSPS) is 10.3. The smallest absolute Gasteiger partial charge is 0.338 e. The lowest BCUT2D eigenvalue weighted by atomic mass is 10.2. The molecule has 0 amide bonds. The lowest BCUT2D eigenvalue weighted by Crippen LogP contribution is -2.25. The molecule has 0 aliphatic carbocycles. The van der Waals surface area contributed by atoms with Crippen molar-refractivity contribution < 1.29 is 19.7 Å². The summed E-state index contributed by atoms with van der Waals surface area (Å²) in [6.07, 6.45) is 0. The second-order valence-corrected chi connectivity index (χ2v) is 5.06. The Kier molecular flexibility index (Phi) is 12.3. The minimum Gasteiger partial charge on any atom is -0.461 e. The van der Waals surface area contributed by atoms with E-state index in [2.05, 4.69) is 0 Å². The van der Waals surface area contributed by atoms with E-state index in [1.165, 1.54) is 0 Å². The fraction of sp³-hybridized carbons (Fsp3) is 0.562. The Bertz CT molecular complexity index is 379. The van der Waals surface area contributed by atoms with Gasteiger partial charge < -0.3 is 24.7 Å². The summed E-state index contributed by atoms with van der Waals surface area (Å²) >= 11 is 0. The number of nitrogens with zero attached hydrogens (tertiary/aromatic N) is 2. The van der Waals surface area contributed by atoms with Crippen molar-refractivity contribution in [2.24, 2.45) is 0 Å². The van der Waals surface area contributed by atoms with Gasteiger partial charge in [-0.05, 0) is 33.3 Å². The molecule has 1 aromatic rings. The molecule has 0 unspecified atom stereocenters. The molecule has 2 N–H and O–H groups in total. The zero-order valence-corrected chi connectivity index (χ0v) is 13.7. The van der Waals surface area contributed by atoms with Gasteiger partial charge in [0.1, 0.15) is 6.61 Å². The Morgan fingerprint density at radius 1 is 1.00 bits per heavy atom. The highest BCUT2D eigenvalue weighted by Crippen LogP contribution is 2.00. The van der Waals surface area contributed by atoms with Gasteiger partial charge >= 0.3 is 5.97 Å². The number of ether oxygens (including phenoxy) is 1. The van der Waals surface area contributed by atoms with Crippen LogP contribution in [0.15, 0.2) is 30.3 Å². The molecule has 0 radical (unpaired) electrons. The van der Waals surface area contributed by atoms with Gasteiger partial charge in [-0.3, -0.25) is 0 Å². The van der Waals surface area contributed by atoms with Crippen LogP contribution in [-0.4, -0.2) is 86.6 Å². The van der Waals surface area contributed by atoms with Crippen LogP contribution in [0.25, 0.3) is 0 Å². The number of benzene rings is 1. The van der Waals surface area contributed by atoms with Crippen LogP contribution in [0.1, 0.15) is 10.4 Å². The average molecular weight is 312 g/mol. The van der Waals surface area contributed by atoms with E-state index in [0.29, 0.717) is 25.3 Å². The molecule has 126 valence electrons. The van der Waals surface area contributed by atoms with Gasteiger partial charge in [0, 0.05) is 19.6 Å². The van der Waals surface area contributed by atoms with Crippen LogP contribution in [0, 0.1) is 0 Å². The molecule has 0 atom stereocenters. The Balaban J connectivity index is 0.000000472. The van der Waals surface area contributed by atoms with Crippen LogP contribution in [-0.2, 0) is 4.74 Å². The van der Waals surface area contributed by atoms with Crippen LogP contribution >= 0.6 is 0 Å². The first-order valence-corrected chi connectivity index (χ1v) is 7.28. The lowest BCUT2D eigenvalue weighted by molar-refractivity contribution is 0.0482. The summed E-state index contributed by atoms with van der Waals surface area (Å²) in [6, 6.07) is 9.01. The number of hydrogen-bond acceptors (Lipinski definition) is 6. The van der Waals surface area contributed by atoms with E-state index in [4.69, 9.17) is 14.9 Å². The summed E-state index contributed by atoms with van der Waals surface area (Å²) in [4.78, 5) is 15.2. The van der Waals surface area contributed by atoms with Gasteiger partial charge in [0.25, 0.3) is 0 Å². The number of esters is 1. The first-order chi connectivity index (χ1) is 10.5. The summed E-state index contributed by atoms with van der Waals surface area (Å²) in [5, 5.41) is 16.7. The van der Waals surface area contributed by atoms with Crippen molar-refractivity contribution in [3.05, 3.63) is 35.9 Å². The number of rotatable bonds is 8. The minimum atomic E-state index is -0.257. The van der Waals surface area contributed by atoms with Crippen LogP contribution in [0.5, 0.6) is 0 Å². The molecule has 1 aromatic carbocycles. The van der Waals surface area contributed by atoms with Crippen molar-refractivity contribution in [1.29, 1.82) is 0 Å². The number of carbonyl (C=O) groups is 1. The van der Waals surface area contributed by atoms with Crippen LogP contribution in [0.4, 0.5) is 0 Å². The highest BCUT2D eigenvalue weighted by molar-refractivity contribution is 5.89. The molecule has 0 heterocycles. The third kappa shape index (κ3) is 11.2. The summed E-state index contributed by atoms with van der Waals surface area (Å²) < 4.78 is 5.06. The number of aliphatic hydroxyl groups is 2. The largest absolute Gasteiger partial charge is 0.461 e. The van der Waals surface area contributed by atoms with Crippen LogP contribution in [0.2, 0.25) is 0 Å². The van der Waals surface area contributed by atoms with E-state index in [0.717, 1.165) is 6.54 Å². The third-order valence-electron chi connectivity index (χ3n) is 2.74. The molecule has 0 aliphatic heterocycles. The molecule has 0 aliphatic rings. The van der Waals surface area contributed by atoms with Gasteiger partial charge in [-0.15, -0.1) is 0 Å². The first kappa shape index (κ1) is 20.5. The third-order valence-corrected chi connectivity index (χ3v) is 2.74.